The number of thiophene rings is 1. The molecule has 0 spiro atoms. The van der Waals surface area contributed by atoms with Crippen molar-refractivity contribution in [1.82, 2.24) is 10.2 Å². The van der Waals surface area contributed by atoms with Crippen LogP contribution in [-0.4, -0.2) is 31.1 Å². The van der Waals surface area contributed by atoms with Gasteiger partial charge < -0.3 is 5.32 Å². The summed E-state index contributed by atoms with van der Waals surface area (Å²) in [5, 5.41) is 5.71. The van der Waals surface area contributed by atoms with Crippen LogP contribution in [0.4, 0.5) is 0 Å². The Morgan fingerprint density at radius 1 is 1.50 bits per heavy atom. The van der Waals surface area contributed by atoms with Gasteiger partial charge >= 0.3 is 0 Å². The Hall–Kier alpha value is -0.380. The van der Waals surface area contributed by atoms with E-state index in [9.17, 15) is 0 Å². The van der Waals surface area contributed by atoms with E-state index in [4.69, 9.17) is 0 Å². The van der Waals surface area contributed by atoms with E-state index >= 15 is 0 Å². The second kappa shape index (κ2) is 5.80. The largest absolute Gasteiger partial charge is 0.315 e. The molecule has 16 heavy (non-hydrogen) atoms. The van der Waals surface area contributed by atoms with Crippen LogP contribution in [0.3, 0.4) is 0 Å². The molecule has 2 nitrogen and oxygen atoms in total. The lowest BCUT2D eigenvalue weighted by Crippen LogP contribution is -2.39. The molecule has 0 aromatic carbocycles. The van der Waals surface area contributed by atoms with E-state index in [1.165, 1.54) is 30.7 Å². The summed E-state index contributed by atoms with van der Waals surface area (Å²) in [5.74, 6) is 0. The first-order valence-corrected chi connectivity index (χ1v) is 7.13. The van der Waals surface area contributed by atoms with Gasteiger partial charge in [-0.3, -0.25) is 4.90 Å². The van der Waals surface area contributed by atoms with E-state index in [0.29, 0.717) is 12.1 Å². The van der Waals surface area contributed by atoms with Crippen LogP contribution in [0.25, 0.3) is 0 Å². The van der Waals surface area contributed by atoms with Crippen molar-refractivity contribution in [2.75, 3.05) is 20.1 Å². The Kier molecular flexibility index (Phi) is 4.38. The highest BCUT2D eigenvalue weighted by atomic mass is 32.1. The lowest BCUT2D eigenvalue weighted by Gasteiger charge is -2.32. The Morgan fingerprint density at radius 3 is 3.12 bits per heavy atom. The molecule has 2 atom stereocenters. The van der Waals surface area contributed by atoms with Gasteiger partial charge in [-0.05, 0) is 44.8 Å². The van der Waals surface area contributed by atoms with Gasteiger partial charge in [0.15, 0.2) is 0 Å². The molecular weight excluding hydrogens is 216 g/mol. The number of nitrogens with one attached hydrogen (secondary N) is 1. The Bertz CT molecular complexity index is 289. The fraction of sp³-hybridized carbons (Fsp3) is 0.692. The monoisotopic (exact) mass is 238 g/mol. The minimum absolute atomic E-state index is 0.546. The first kappa shape index (κ1) is 12.1. The molecule has 0 radical (unpaired) electrons. The Morgan fingerprint density at radius 2 is 2.38 bits per heavy atom. The van der Waals surface area contributed by atoms with Crippen molar-refractivity contribution >= 4 is 11.3 Å². The molecule has 2 heterocycles. The highest BCUT2D eigenvalue weighted by Gasteiger charge is 2.22. The summed E-state index contributed by atoms with van der Waals surface area (Å²) >= 11 is 1.87. The molecule has 0 bridgehead atoms. The standard InChI is InChI=1S/C13H22N2S/c1-11(13-7-5-9-16-13)15(2)12-6-3-4-8-14-10-12/h5,7,9,11-12,14H,3-4,6,8,10H2,1-2H3. The molecule has 3 heteroatoms. The summed E-state index contributed by atoms with van der Waals surface area (Å²) in [6.07, 6.45) is 4.02. The lowest BCUT2D eigenvalue weighted by molar-refractivity contribution is 0.179. The molecule has 1 fully saturated rings. The molecule has 2 unspecified atom stereocenters. The summed E-state index contributed by atoms with van der Waals surface area (Å²) in [6, 6.07) is 5.63. The predicted octanol–water partition coefficient (Wildman–Crippen LogP) is 2.88. The fourth-order valence-electron chi connectivity index (χ4n) is 2.39. The number of hydrogen-bond donors (Lipinski definition) is 1. The molecule has 0 aliphatic carbocycles. The molecule has 1 N–H and O–H groups in total. The molecule has 2 rings (SSSR count). The third-order valence-corrected chi connectivity index (χ3v) is 4.71. The minimum Gasteiger partial charge on any atom is -0.315 e. The summed E-state index contributed by atoms with van der Waals surface area (Å²) in [5.41, 5.74) is 0. The van der Waals surface area contributed by atoms with Crippen LogP contribution in [0.2, 0.25) is 0 Å². The highest BCUT2D eigenvalue weighted by molar-refractivity contribution is 7.10. The SMILES string of the molecule is CC(c1cccs1)N(C)C1CCCCNC1. The quantitative estimate of drug-likeness (QED) is 0.871. The number of likely N-dealkylation sites (N-methyl/N-ethyl adjacent to an activating group) is 1. The van der Waals surface area contributed by atoms with Crippen LogP contribution in [-0.2, 0) is 0 Å². The second-order valence-electron chi connectivity index (χ2n) is 4.71. The summed E-state index contributed by atoms with van der Waals surface area (Å²) < 4.78 is 0. The van der Waals surface area contributed by atoms with Crippen LogP contribution in [0, 0.1) is 0 Å². The number of rotatable bonds is 3. The zero-order chi connectivity index (χ0) is 11.4. The van der Waals surface area contributed by atoms with Crippen molar-refractivity contribution < 1.29 is 0 Å². The van der Waals surface area contributed by atoms with Gasteiger partial charge in [-0.2, -0.15) is 0 Å². The molecule has 1 aromatic heterocycles. The lowest BCUT2D eigenvalue weighted by atomic mass is 10.1. The van der Waals surface area contributed by atoms with Gasteiger partial charge in [0.25, 0.3) is 0 Å². The van der Waals surface area contributed by atoms with Gasteiger partial charge in [-0.25, -0.2) is 0 Å². The maximum atomic E-state index is 3.54. The van der Waals surface area contributed by atoms with Gasteiger partial charge in [0.2, 0.25) is 0 Å². The minimum atomic E-state index is 0.546. The molecule has 1 aromatic rings. The Balaban J connectivity index is 1.97. The van der Waals surface area contributed by atoms with Crippen molar-refractivity contribution in [1.29, 1.82) is 0 Å². The van der Waals surface area contributed by atoms with E-state index in [0.717, 1.165) is 6.54 Å². The van der Waals surface area contributed by atoms with E-state index < -0.39 is 0 Å². The van der Waals surface area contributed by atoms with Gasteiger partial charge in [-0.15, -0.1) is 11.3 Å². The van der Waals surface area contributed by atoms with Gasteiger partial charge in [0.1, 0.15) is 0 Å². The van der Waals surface area contributed by atoms with Crippen molar-refractivity contribution in [3.63, 3.8) is 0 Å². The number of hydrogen-bond acceptors (Lipinski definition) is 3. The van der Waals surface area contributed by atoms with Gasteiger partial charge in [0.05, 0.1) is 0 Å². The van der Waals surface area contributed by atoms with Crippen molar-refractivity contribution in [3.8, 4) is 0 Å². The van der Waals surface area contributed by atoms with E-state index in [1.807, 2.05) is 11.3 Å². The first-order chi connectivity index (χ1) is 7.79. The summed E-state index contributed by atoms with van der Waals surface area (Å²) in [7, 11) is 2.27. The second-order valence-corrected chi connectivity index (χ2v) is 5.69. The Labute approximate surface area is 103 Å². The first-order valence-electron chi connectivity index (χ1n) is 6.25. The van der Waals surface area contributed by atoms with E-state index in [2.05, 4.69) is 41.7 Å². The maximum Gasteiger partial charge on any atom is 0.0413 e. The zero-order valence-electron chi connectivity index (χ0n) is 10.3. The van der Waals surface area contributed by atoms with Crippen LogP contribution in [0.15, 0.2) is 17.5 Å². The van der Waals surface area contributed by atoms with Crippen molar-refractivity contribution in [3.05, 3.63) is 22.4 Å². The maximum absolute atomic E-state index is 3.54. The van der Waals surface area contributed by atoms with E-state index in [1.54, 1.807) is 0 Å². The summed E-state index contributed by atoms with van der Waals surface area (Å²) in [6.45, 7) is 4.65. The van der Waals surface area contributed by atoms with Gasteiger partial charge in [0, 0.05) is 23.5 Å². The van der Waals surface area contributed by atoms with E-state index in [-0.39, 0.29) is 0 Å². The number of nitrogens with zero attached hydrogens (tertiary/aromatic N) is 1. The smallest absolute Gasteiger partial charge is 0.0413 e. The normalized spacial score (nSPS) is 24.3. The average molecular weight is 238 g/mol. The highest BCUT2D eigenvalue weighted by Crippen LogP contribution is 2.26. The third kappa shape index (κ3) is 2.84. The topological polar surface area (TPSA) is 15.3 Å². The molecule has 1 aliphatic rings. The molecule has 1 saturated heterocycles. The van der Waals surface area contributed by atoms with Crippen LogP contribution >= 0.6 is 11.3 Å². The van der Waals surface area contributed by atoms with Crippen LogP contribution in [0.1, 0.15) is 37.1 Å². The average Bonchev–Trinajstić information content (AvgIpc) is 2.70. The van der Waals surface area contributed by atoms with Crippen molar-refractivity contribution in [2.24, 2.45) is 0 Å². The molecule has 0 amide bonds. The fourth-order valence-corrected chi connectivity index (χ4v) is 3.23. The summed E-state index contributed by atoms with van der Waals surface area (Å²) in [4.78, 5) is 4.01. The zero-order valence-corrected chi connectivity index (χ0v) is 11.1. The molecule has 1 aliphatic heterocycles. The molecular formula is C13H22N2S. The predicted molar refractivity (Wildman–Crippen MR) is 71.0 cm³/mol. The van der Waals surface area contributed by atoms with Crippen molar-refractivity contribution in [2.45, 2.75) is 38.3 Å². The van der Waals surface area contributed by atoms with Gasteiger partial charge in [-0.1, -0.05) is 12.5 Å². The van der Waals surface area contributed by atoms with Crippen LogP contribution < -0.4 is 5.32 Å². The van der Waals surface area contributed by atoms with Crippen LogP contribution in [0.5, 0.6) is 0 Å². The molecule has 0 saturated carbocycles. The molecule has 90 valence electrons. The third-order valence-electron chi connectivity index (χ3n) is 3.66.